The van der Waals surface area contributed by atoms with Crippen LogP contribution in [-0.4, -0.2) is 48.2 Å². The van der Waals surface area contributed by atoms with E-state index in [-0.39, 0.29) is 31.4 Å². The second kappa shape index (κ2) is 16.7. The van der Waals surface area contributed by atoms with Crippen LogP contribution in [-0.2, 0) is 28.7 Å². The van der Waals surface area contributed by atoms with E-state index in [1.807, 2.05) is 31.2 Å². The summed E-state index contributed by atoms with van der Waals surface area (Å²) >= 11 is 2.13. The zero-order valence-corrected chi connectivity index (χ0v) is 28.1. The number of rotatable bonds is 9. The third kappa shape index (κ3) is 8.83. The normalized spacial score (nSPS) is 10.6. The molecule has 11 nitrogen and oxygen atoms in total. The summed E-state index contributed by atoms with van der Waals surface area (Å²) in [7, 11) is 0. The molecule has 4 N–H and O–H groups in total. The van der Waals surface area contributed by atoms with Crippen LogP contribution in [0.5, 0.6) is 17.2 Å². The number of anilines is 1. The van der Waals surface area contributed by atoms with Crippen molar-refractivity contribution in [3.63, 3.8) is 0 Å². The molecular weight excluding hydrogens is 790 g/mol. The molecule has 3 aromatic carbocycles. The minimum atomic E-state index is -0.683. The predicted octanol–water partition coefficient (Wildman–Crippen LogP) is 5.55. The molecule has 0 aliphatic heterocycles. The van der Waals surface area contributed by atoms with Gasteiger partial charge in [-0.3, -0.25) is 0 Å². The Bertz CT molecular complexity index is 1850. The van der Waals surface area contributed by atoms with Crippen LogP contribution in [0.2, 0.25) is 0 Å². The summed E-state index contributed by atoms with van der Waals surface area (Å²) in [5, 5.41) is 25.3. The molecule has 0 aliphatic carbocycles. The number of thiazole rings is 1. The number of aliphatic hydroxyl groups excluding tert-OH is 2. The molecule has 6 aromatic rings. The second-order valence-electron chi connectivity index (χ2n) is 9.73. The van der Waals surface area contributed by atoms with E-state index in [0.29, 0.717) is 52.3 Å². The molecule has 0 atom stereocenters. The Kier molecular flexibility index (Phi) is 12.5. The van der Waals surface area contributed by atoms with E-state index in [1.165, 1.54) is 40.0 Å². The van der Waals surface area contributed by atoms with Gasteiger partial charge in [0.05, 0.1) is 28.5 Å². The number of benzene rings is 3. The van der Waals surface area contributed by atoms with Gasteiger partial charge < -0.3 is 25.4 Å². The Morgan fingerprint density at radius 3 is 2.28 bits per heavy atom. The molecule has 0 radical (unpaired) electrons. The van der Waals surface area contributed by atoms with Gasteiger partial charge in [-0.25, -0.2) is 24.0 Å². The third-order valence-electron chi connectivity index (χ3n) is 6.43. The molecule has 0 amide bonds. The molecule has 0 bridgehead atoms. The number of hydrogen-bond acceptors (Lipinski definition) is 11. The van der Waals surface area contributed by atoms with Crippen LogP contribution in [0.3, 0.4) is 0 Å². The molecule has 0 spiro atoms. The van der Waals surface area contributed by atoms with Crippen molar-refractivity contribution in [3.05, 3.63) is 107 Å². The van der Waals surface area contributed by atoms with Crippen molar-refractivity contribution in [3.8, 4) is 28.5 Å². The number of aromatic nitrogens is 5. The summed E-state index contributed by atoms with van der Waals surface area (Å²) < 4.78 is 35.5. The number of hydrogen-bond donors (Lipinski definition) is 3. The fourth-order valence-corrected chi connectivity index (χ4v) is 4.97. The van der Waals surface area contributed by atoms with Crippen molar-refractivity contribution >= 4 is 28.2 Å². The molecule has 6 rings (SSSR count). The SMILES string of the molecule is Cc1cc[c-]cc1.Cc1ncc(COc2cc(F)cc(Oc3ccc(-c4nn(C(CO)CO)c5ncnc(N)c45)cc3)c2)s1.[O]=[Os]. The van der Waals surface area contributed by atoms with Crippen LogP contribution in [0.4, 0.5) is 10.2 Å². The maximum absolute atomic E-state index is 14.2. The van der Waals surface area contributed by atoms with E-state index >= 15 is 0 Å². The van der Waals surface area contributed by atoms with Gasteiger partial charge in [-0.05, 0) is 31.2 Å². The van der Waals surface area contributed by atoms with Gasteiger partial charge in [0.2, 0.25) is 0 Å². The van der Waals surface area contributed by atoms with E-state index in [1.54, 1.807) is 36.5 Å². The molecular formula is C32H30FN6O5OsS-. The van der Waals surface area contributed by atoms with Crippen molar-refractivity contribution in [2.75, 3.05) is 18.9 Å². The average Bonchev–Trinajstić information content (AvgIpc) is 3.67. The molecule has 240 valence electrons. The molecule has 0 saturated heterocycles. The average molecular weight is 820 g/mol. The van der Waals surface area contributed by atoms with Crippen LogP contribution in [0.15, 0.2) is 79.3 Å². The summed E-state index contributed by atoms with van der Waals surface area (Å²) in [4.78, 5) is 13.4. The first kappa shape index (κ1) is 34.4. The van der Waals surface area contributed by atoms with Crippen LogP contribution >= 0.6 is 11.3 Å². The first-order chi connectivity index (χ1) is 22.3. The molecule has 46 heavy (non-hydrogen) atoms. The Hall–Kier alpha value is -4.47. The molecule has 0 unspecified atom stereocenters. The predicted molar refractivity (Wildman–Crippen MR) is 167 cm³/mol. The van der Waals surface area contributed by atoms with Gasteiger partial charge in [0.1, 0.15) is 53.6 Å². The molecule has 3 aromatic heterocycles. The van der Waals surface area contributed by atoms with Crippen molar-refractivity contribution in [2.24, 2.45) is 0 Å². The Labute approximate surface area is 278 Å². The van der Waals surface area contributed by atoms with E-state index in [4.69, 9.17) is 18.7 Å². The number of halogens is 1. The van der Waals surface area contributed by atoms with E-state index in [0.717, 1.165) is 9.88 Å². The molecule has 0 fully saturated rings. The Balaban J connectivity index is 0.000000466. The van der Waals surface area contributed by atoms with Crippen molar-refractivity contribution < 1.29 is 46.2 Å². The Morgan fingerprint density at radius 1 is 0.978 bits per heavy atom. The first-order valence-corrected chi connectivity index (χ1v) is 15.6. The van der Waals surface area contributed by atoms with Crippen molar-refractivity contribution in [1.82, 2.24) is 24.7 Å². The quantitative estimate of drug-likeness (QED) is 0.158. The zero-order valence-electron chi connectivity index (χ0n) is 24.8. The fourth-order valence-electron chi connectivity index (χ4n) is 4.26. The summed E-state index contributed by atoms with van der Waals surface area (Å²) in [5.41, 5.74) is 8.98. The van der Waals surface area contributed by atoms with Crippen molar-refractivity contribution in [2.45, 2.75) is 26.5 Å². The first-order valence-electron chi connectivity index (χ1n) is 13.7. The molecule has 3 heterocycles. The number of nitrogens with zero attached hydrogens (tertiary/aromatic N) is 5. The summed E-state index contributed by atoms with van der Waals surface area (Å²) in [6.45, 7) is 3.60. The summed E-state index contributed by atoms with van der Waals surface area (Å²) in [5.74, 6) is 0.827. The maximum atomic E-state index is 14.2. The van der Waals surface area contributed by atoms with Gasteiger partial charge >= 0.3 is 22.1 Å². The number of aliphatic hydroxyl groups is 2. The number of fused-ring (bicyclic) bond motifs is 1. The minimum absolute atomic E-state index is 0.224. The van der Waals surface area contributed by atoms with Crippen LogP contribution < -0.4 is 15.2 Å². The van der Waals surface area contributed by atoms with Gasteiger partial charge in [0, 0.05) is 30.0 Å². The molecule has 14 heteroatoms. The van der Waals surface area contributed by atoms with Gasteiger partial charge in [-0.15, -0.1) is 11.3 Å². The Morgan fingerprint density at radius 2 is 1.67 bits per heavy atom. The third-order valence-corrected chi connectivity index (χ3v) is 7.32. The van der Waals surface area contributed by atoms with Gasteiger partial charge in [-0.1, -0.05) is 6.92 Å². The monoisotopic (exact) mass is 821 g/mol. The topological polar surface area (TPSA) is 158 Å². The summed E-state index contributed by atoms with van der Waals surface area (Å²) in [6, 6.07) is 21.3. The van der Waals surface area contributed by atoms with Crippen LogP contribution in [0, 0.1) is 25.7 Å². The molecule has 0 aliphatic rings. The molecule has 0 saturated carbocycles. The number of nitrogens with two attached hydrogens (primary N) is 1. The van der Waals surface area contributed by atoms with Crippen LogP contribution in [0.25, 0.3) is 22.3 Å². The van der Waals surface area contributed by atoms with Crippen molar-refractivity contribution in [1.29, 1.82) is 0 Å². The van der Waals surface area contributed by atoms with Crippen LogP contribution in [0.1, 0.15) is 21.5 Å². The van der Waals surface area contributed by atoms with E-state index in [2.05, 4.69) is 33.0 Å². The van der Waals surface area contributed by atoms with Gasteiger partial charge in [0.25, 0.3) is 0 Å². The number of nitrogen functional groups attached to an aromatic ring is 1. The summed E-state index contributed by atoms with van der Waals surface area (Å²) in [6.07, 6.45) is 3.04. The van der Waals surface area contributed by atoms with Gasteiger partial charge in [-0.2, -0.15) is 41.0 Å². The standard InChI is InChI=1S/C25H23FN6O4S.C7H7.O.Os/c1-14-28-9-21(37-14)12-35-19-6-16(26)7-20(8-19)36-18-4-2-15(3-5-18)23-22-24(27)29-13-30-25(22)32(31-23)17(10-33)11-34;1-7-5-3-2-4-6-7;;/h2-9,13,17,33-34H,10-12H2,1H3,(H2,27,29,30);3-6H,1H3;;/q;-1;;. The van der Waals surface area contributed by atoms with E-state index < -0.39 is 11.9 Å². The number of aryl methyl sites for hydroxylation is 2. The zero-order chi connectivity index (χ0) is 33.1. The van der Waals surface area contributed by atoms with Gasteiger partial charge in [0.15, 0.2) is 5.65 Å². The second-order valence-corrected chi connectivity index (χ2v) is 11.0. The van der Waals surface area contributed by atoms with E-state index in [9.17, 15) is 14.6 Å². The fraction of sp³-hybridized carbons (Fsp3) is 0.188. The number of ether oxygens (including phenoxy) is 2.